The molecule has 0 saturated carbocycles. The van der Waals surface area contributed by atoms with E-state index < -0.39 is 0 Å². The van der Waals surface area contributed by atoms with Crippen LogP contribution < -0.4 is 15.5 Å². The van der Waals surface area contributed by atoms with E-state index in [0.29, 0.717) is 18.0 Å². The van der Waals surface area contributed by atoms with E-state index in [-0.39, 0.29) is 11.9 Å². The lowest BCUT2D eigenvalue weighted by Gasteiger charge is -2.31. The lowest BCUT2D eigenvalue weighted by molar-refractivity contribution is 0.0939. The van der Waals surface area contributed by atoms with Gasteiger partial charge in [0.05, 0.1) is 0 Å². The van der Waals surface area contributed by atoms with Crippen molar-refractivity contribution in [2.24, 2.45) is 5.92 Å². The van der Waals surface area contributed by atoms with Gasteiger partial charge >= 0.3 is 0 Å². The predicted octanol–water partition coefficient (Wildman–Crippen LogP) is 3.85. The SMILES string of the molecule is CCC(C)NC(=O)c1cccc(CNc2cc(N3CCCC(C)C3)ncn2)c1. The summed E-state index contributed by atoms with van der Waals surface area (Å²) < 4.78 is 0. The molecule has 1 amide bonds. The summed E-state index contributed by atoms with van der Waals surface area (Å²) in [4.78, 5) is 23.5. The number of carbonyl (C=O) groups is 1. The third-order valence-corrected chi connectivity index (χ3v) is 5.29. The minimum absolute atomic E-state index is 0.0280. The molecule has 6 nitrogen and oxygen atoms in total. The number of carbonyl (C=O) groups excluding carboxylic acids is 1. The van der Waals surface area contributed by atoms with Crippen molar-refractivity contribution in [3.05, 3.63) is 47.8 Å². The lowest BCUT2D eigenvalue weighted by Crippen LogP contribution is -2.34. The van der Waals surface area contributed by atoms with Crippen molar-refractivity contribution in [3.63, 3.8) is 0 Å². The molecule has 1 aliphatic heterocycles. The Morgan fingerprint density at radius 2 is 2.18 bits per heavy atom. The average Bonchev–Trinajstić information content (AvgIpc) is 2.72. The monoisotopic (exact) mass is 381 g/mol. The smallest absolute Gasteiger partial charge is 0.251 e. The fourth-order valence-corrected chi connectivity index (χ4v) is 3.44. The molecule has 28 heavy (non-hydrogen) atoms. The summed E-state index contributed by atoms with van der Waals surface area (Å²) in [6, 6.07) is 9.90. The minimum Gasteiger partial charge on any atom is -0.366 e. The normalized spacial score (nSPS) is 17.8. The third kappa shape index (κ3) is 5.44. The Bertz CT molecular complexity index is 794. The van der Waals surface area contributed by atoms with Crippen LogP contribution in [0, 0.1) is 5.92 Å². The van der Waals surface area contributed by atoms with E-state index in [9.17, 15) is 4.79 Å². The molecule has 0 aliphatic carbocycles. The van der Waals surface area contributed by atoms with Crippen molar-refractivity contribution < 1.29 is 4.79 Å². The van der Waals surface area contributed by atoms with Crippen molar-refractivity contribution in [3.8, 4) is 0 Å². The molecular formula is C22H31N5O. The number of amides is 1. The first kappa shape index (κ1) is 20.1. The Balaban J connectivity index is 1.62. The van der Waals surface area contributed by atoms with E-state index >= 15 is 0 Å². The van der Waals surface area contributed by atoms with Gasteiger partial charge in [0.25, 0.3) is 5.91 Å². The number of hydrogen-bond acceptors (Lipinski definition) is 5. The Hall–Kier alpha value is -2.63. The topological polar surface area (TPSA) is 70.2 Å². The number of nitrogens with zero attached hydrogens (tertiary/aromatic N) is 3. The first-order valence-electron chi connectivity index (χ1n) is 10.3. The highest BCUT2D eigenvalue weighted by Crippen LogP contribution is 2.22. The molecule has 1 fully saturated rings. The Morgan fingerprint density at radius 1 is 1.32 bits per heavy atom. The minimum atomic E-state index is -0.0280. The maximum Gasteiger partial charge on any atom is 0.251 e. The van der Waals surface area contributed by atoms with Gasteiger partial charge in [-0.05, 0) is 49.8 Å². The van der Waals surface area contributed by atoms with Gasteiger partial charge in [-0.1, -0.05) is 26.0 Å². The quantitative estimate of drug-likeness (QED) is 0.762. The van der Waals surface area contributed by atoms with E-state index in [2.05, 4.69) is 39.3 Å². The van der Waals surface area contributed by atoms with Gasteiger partial charge in [-0.3, -0.25) is 4.79 Å². The second kappa shape index (κ2) is 9.53. The van der Waals surface area contributed by atoms with Gasteiger partial charge in [0, 0.05) is 37.3 Å². The summed E-state index contributed by atoms with van der Waals surface area (Å²) in [7, 11) is 0. The lowest BCUT2D eigenvalue weighted by atomic mass is 10.0. The van der Waals surface area contributed by atoms with Crippen LogP contribution >= 0.6 is 0 Å². The zero-order valence-electron chi connectivity index (χ0n) is 17.1. The summed E-state index contributed by atoms with van der Waals surface area (Å²) in [5.41, 5.74) is 1.73. The molecule has 3 rings (SSSR count). The molecule has 1 aliphatic rings. The van der Waals surface area contributed by atoms with E-state index in [1.807, 2.05) is 37.3 Å². The van der Waals surface area contributed by atoms with Crippen LogP contribution in [0.3, 0.4) is 0 Å². The average molecular weight is 382 g/mol. The largest absolute Gasteiger partial charge is 0.366 e. The zero-order chi connectivity index (χ0) is 19.9. The molecule has 2 unspecified atom stereocenters. The summed E-state index contributed by atoms with van der Waals surface area (Å²) in [5, 5.41) is 6.37. The molecule has 150 valence electrons. The number of piperidine rings is 1. The van der Waals surface area contributed by atoms with E-state index in [4.69, 9.17) is 0 Å². The molecular weight excluding hydrogens is 350 g/mol. The maximum absolute atomic E-state index is 12.3. The Kier molecular flexibility index (Phi) is 6.85. The number of rotatable bonds is 7. The Morgan fingerprint density at radius 3 is 2.96 bits per heavy atom. The van der Waals surface area contributed by atoms with Crippen molar-refractivity contribution in [1.82, 2.24) is 15.3 Å². The molecule has 2 heterocycles. The summed E-state index contributed by atoms with van der Waals surface area (Å²) in [5.74, 6) is 2.45. The van der Waals surface area contributed by atoms with Gasteiger partial charge in [-0.2, -0.15) is 0 Å². The predicted molar refractivity (Wildman–Crippen MR) is 114 cm³/mol. The molecule has 2 N–H and O–H groups in total. The fourth-order valence-electron chi connectivity index (χ4n) is 3.44. The van der Waals surface area contributed by atoms with Crippen LogP contribution in [-0.4, -0.2) is 35.0 Å². The summed E-state index contributed by atoms with van der Waals surface area (Å²) in [6.45, 7) is 9.07. The van der Waals surface area contributed by atoms with Gasteiger partial charge in [-0.15, -0.1) is 0 Å². The number of hydrogen-bond donors (Lipinski definition) is 2. The highest BCUT2D eigenvalue weighted by molar-refractivity contribution is 5.94. The van der Waals surface area contributed by atoms with E-state index in [1.165, 1.54) is 12.8 Å². The number of nitrogens with one attached hydrogen (secondary N) is 2. The second-order valence-corrected chi connectivity index (χ2v) is 7.79. The van der Waals surface area contributed by atoms with Crippen LogP contribution in [0.1, 0.15) is 56.0 Å². The highest BCUT2D eigenvalue weighted by Gasteiger charge is 2.18. The third-order valence-electron chi connectivity index (χ3n) is 5.29. The Labute approximate surface area is 167 Å². The maximum atomic E-state index is 12.3. The molecule has 2 atom stereocenters. The number of anilines is 2. The highest BCUT2D eigenvalue weighted by atomic mass is 16.1. The van der Waals surface area contributed by atoms with Crippen LogP contribution in [0.25, 0.3) is 0 Å². The molecule has 0 spiro atoms. The van der Waals surface area contributed by atoms with Crippen LogP contribution in [-0.2, 0) is 6.54 Å². The molecule has 2 aromatic rings. The van der Waals surface area contributed by atoms with Crippen LogP contribution in [0.4, 0.5) is 11.6 Å². The molecule has 1 saturated heterocycles. The second-order valence-electron chi connectivity index (χ2n) is 7.79. The van der Waals surface area contributed by atoms with Crippen molar-refractivity contribution in [1.29, 1.82) is 0 Å². The van der Waals surface area contributed by atoms with Gasteiger partial charge in [0.1, 0.15) is 18.0 Å². The number of aromatic nitrogens is 2. The standard InChI is InChI=1S/C22H31N5O/c1-4-17(3)26-22(28)19-9-5-8-18(11-19)13-23-20-12-21(25-15-24-20)27-10-6-7-16(2)14-27/h5,8-9,11-12,15-17H,4,6-7,10,13-14H2,1-3H3,(H,26,28)(H,23,24,25). The fraction of sp³-hybridized carbons (Fsp3) is 0.500. The molecule has 6 heteroatoms. The van der Waals surface area contributed by atoms with Crippen LogP contribution in [0.2, 0.25) is 0 Å². The van der Waals surface area contributed by atoms with Gasteiger partial charge in [0.2, 0.25) is 0 Å². The molecule has 1 aromatic carbocycles. The van der Waals surface area contributed by atoms with Gasteiger partial charge < -0.3 is 15.5 Å². The number of benzene rings is 1. The van der Waals surface area contributed by atoms with Crippen LogP contribution in [0.5, 0.6) is 0 Å². The van der Waals surface area contributed by atoms with Crippen molar-refractivity contribution >= 4 is 17.5 Å². The molecule has 0 bridgehead atoms. The van der Waals surface area contributed by atoms with Crippen molar-refractivity contribution in [2.45, 2.75) is 52.6 Å². The first-order chi connectivity index (χ1) is 13.5. The van der Waals surface area contributed by atoms with Gasteiger partial charge in [-0.25, -0.2) is 9.97 Å². The van der Waals surface area contributed by atoms with Crippen molar-refractivity contribution in [2.75, 3.05) is 23.3 Å². The summed E-state index contributed by atoms with van der Waals surface area (Å²) in [6.07, 6.45) is 5.03. The van der Waals surface area contributed by atoms with E-state index in [1.54, 1.807) is 6.33 Å². The first-order valence-corrected chi connectivity index (χ1v) is 10.3. The van der Waals surface area contributed by atoms with Gasteiger partial charge in [0.15, 0.2) is 0 Å². The summed E-state index contributed by atoms with van der Waals surface area (Å²) >= 11 is 0. The molecule has 0 radical (unpaired) electrons. The molecule has 1 aromatic heterocycles. The van der Waals surface area contributed by atoms with E-state index in [0.717, 1.165) is 36.7 Å². The van der Waals surface area contributed by atoms with Crippen LogP contribution in [0.15, 0.2) is 36.7 Å². The zero-order valence-corrected chi connectivity index (χ0v) is 17.1.